The van der Waals surface area contributed by atoms with Gasteiger partial charge in [0.15, 0.2) is 11.3 Å². The lowest BCUT2D eigenvalue weighted by atomic mass is 10.0. The molecule has 0 N–H and O–H groups in total. The second kappa shape index (κ2) is 7.07. The van der Waals surface area contributed by atoms with Crippen LogP contribution in [0.5, 0.6) is 0 Å². The Hall–Kier alpha value is -2.30. The molecule has 5 heteroatoms. The Morgan fingerprint density at radius 1 is 0.917 bits per heavy atom. The largest absolute Gasteiger partial charge is 0.440 e. The lowest BCUT2D eigenvalue weighted by Gasteiger charge is -2.27. The normalized spacial score (nSPS) is 14.4. The van der Waals surface area contributed by atoms with Crippen LogP contribution in [-0.2, 0) is 4.74 Å². The highest BCUT2D eigenvalue weighted by Crippen LogP contribution is 2.29. The van der Waals surface area contributed by atoms with Gasteiger partial charge in [-0.25, -0.2) is 0 Å². The zero-order valence-corrected chi connectivity index (χ0v) is 13.9. The minimum Gasteiger partial charge on any atom is -0.440 e. The summed E-state index contributed by atoms with van der Waals surface area (Å²) >= 11 is 0. The minimum atomic E-state index is -0.00878. The summed E-state index contributed by atoms with van der Waals surface area (Å²) in [5.41, 5.74) is 2.62. The summed E-state index contributed by atoms with van der Waals surface area (Å²) in [6.45, 7) is 2.79. The minimum absolute atomic E-state index is 0. The van der Waals surface area contributed by atoms with E-state index in [1.807, 2.05) is 48.5 Å². The first kappa shape index (κ1) is 16.6. The van der Waals surface area contributed by atoms with Crippen LogP contribution >= 0.6 is 12.4 Å². The van der Waals surface area contributed by atoms with Crippen molar-refractivity contribution in [2.75, 3.05) is 31.2 Å². The number of para-hydroxylation sites is 1. The van der Waals surface area contributed by atoms with Crippen LogP contribution in [0.1, 0.15) is 0 Å². The Bertz CT molecular complexity index is 886. The average Bonchev–Trinajstić information content (AvgIpc) is 2.63. The van der Waals surface area contributed by atoms with Gasteiger partial charge in [0.25, 0.3) is 0 Å². The summed E-state index contributed by atoms with van der Waals surface area (Å²) in [6.07, 6.45) is 0. The predicted molar refractivity (Wildman–Crippen MR) is 98.2 cm³/mol. The number of morpholine rings is 1. The quantitative estimate of drug-likeness (QED) is 0.711. The van der Waals surface area contributed by atoms with E-state index in [9.17, 15) is 4.79 Å². The van der Waals surface area contributed by atoms with Gasteiger partial charge in [-0.05, 0) is 11.6 Å². The maximum atomic E-state index is 12.5. The monoisotopic (exact) mass is 343 g/mol. The van der Waals surface area contributed by atoms with Crippen LogP contribution in [0, 0.1) is 0 Å². The molecule has 1 aliphatic heterocycles. The fourth-order valence-corrected chi connectivity index (χ4v) is 2.95. The summed E-state index contributed by atoms with van der Waals surface area (Å²) in [4.78, 5) is 14.6. The molecule has 1 aromatic heterocycles. The molecule has 1 aliphatic rings. The maximum absolute atomic E-state index is 12.5. The van der Waals surface area contributed by atoms with Gasteiger partial charge in [0.1, 0.15) is 5.58 Å². The zero-order valence-electron chi connectivity index (χ0n) is 13.1. The van der Waals surface area contributed by atoms with Crippen molar-refractivity contribution in [1.29, 1.82) is 0 Å². The van der Waals surface area contributed by atoms with Crippen molar-refractivity contribution in [2.45, 2.75) is 0 Å². The summed E-state index contributed by atoms with van der Waals surface area (Å²) in [5, 5.41) is 0.614. The molecule has 4 nitrogen and oxygen atoms in total. The number of halogens is 1. The van der Waals surface area contributed by atoms with Crippen molar-refractivity contribution in [3.8, 4) is 11.1 Å². The summed E-state index contributed by atoms with van der Waals surface area (Å²) in [6, 6.07) is 17.3. The first-order chi connectivity index (χ1) is 11.3. The lowest BCUT2D eigenvalue weighted by molar-refractivity contribution is 0.121. The topological polar surface area (TPSA) is 42.7 Å². The van der Waals surface area contributed by atoms with E-state index in [1.165, 1.54) is 0 Å². The number of nitrogens with zero attached hydrogens (tertiary/aromatic N) is 1. The van der Waals surface area contributed by atoms with Gasteiger partial charge < -0.3 is 14.1 Å². The molecular weight excluding hydrogens is 326 g/mol. The Balaban J connectivity index is 0.00000169. The van der Waals surface area contributed by atoms with Gasteiger partial charge in [-0.3, -0.25) is 4.79 Å². The number of hydrogen-bond acceptors (Lipinski definition) is 4. The number of fused-ring (bicyclic) bond motifs is 1. The first-order valence-electron chi connectivity index (χ1n) is 7.78. The fourth-order valence-electron chi connectivity index (χ4n) is 2.95. The molecule has 0 spiro atoms. The molecule has 4 rings (SSSR count). The summed E-state index contributed by atoms with van der Waals surface area (Å²) in [5.74, 6) is 0.620. The molecule has 0 aliphatic carbocycles. The van der Waals surface area contributed by atoms with Crippen LogP contribution in [0.3, 0.4) is 0 Å². The Morgan fingerprint density at radius 3 is 2.42 bits per heavy atom. The van der Waals surface area contributed by atoms with Gasteiger partial charge in [0.2, 0.25) is 0 Å². The molecule has 0 atom stereocenters. The first-order valence-corrected chi connectivity index (χ1v) is 7.78. The van der Waals surface area contributed by atoms with Crippen molar-refractivity contribution < 1.29 is 9.15 Å². The Kier molecular flexibility index (Phi) is 4.88. The fraction of sp³-hybridized carbons (Fsp3) is 0.211. The third-order valence-electron chi connectivity index (χ3n) is 4.15. The highest BCUT2D eigenvalue weighted by Gasteiger charge is 2.17. The molecule has 2 heterocycles. The van der Waals surface area contributed by atoms with Crippen LogP contribution in [0.25, 0.3) is 22.1 Å². The molecular formula is C19H18ClNO3. The number of rotatable bonds is 2. The second-order valence-corrected chi connectivity index (χ2v) is 5.60. The number of ether oxygens (including phenoxy) is 1. The number of benzene rings is 2. The number of anilines is 1. The van der Waals surface area contributed by atoms with E-state index in [1.54, 1.807) is 6.07 Å². The van der Waals surface area contributed by atoms with Gasteiger partial charge in [0.05, 0.1) is 18.6 Å². The molecule has 0 saturated carbocycles. The average molecular weight is 344 g/mol. The summed E-state index contributed by atoms with van der Waals surface area (Å²) < 4.78 is 11.5. The van der Waals surface area contributed by atoms with Crippen molar-refractivity contribution in [3.05, 3.63) is 64.8 Å². The lowest BCUT2D eigenvalue weighted by Crippen LogP contribution is -2.36. The molecule has 0 amide bonds. The molecule has 0 radical (unpaired) electrons. The van der Waals surface area contributed by atoms with Crippen LogP contribution in [0.15, 0.2) is 63.8 Å². The van der Waals surface area contributed by atoms with E-state index in [2.05, 4.69) is 4.90 Å². The highest BCUT2D eigenvalue weighted by atomic mass is 35.5. The molecule has 2 aromatic carbocycles. The molecule has 1 saturated heterocycles. The molecule has 124 valence electrons. The van der Waals surface area contributed by atoms with Gasteiger partial charge >= 0.3 is 0 Å². The predicted octanol–water partition coefficient (Wildman–Crippen LogP) is 3.72. The zero-order chi connectivity index (χ0) is 15.6. The van der Waals surface area contributed by atoms with E-state index in [-0.39, 0.29) is 17.8 Å². The molecule has 0 bridgehead atoms. The molecule has 3 aromatic rings. The molecule has 1 fully saturated rings. The van der Waals surface area contributed by atoms with E-state index in [4.69, 9.17) is 9.15 Å². The smallest absolute Gasteiger partial charge is 0.200 e. The van der Waals surface area contributed by atoms with Crippen molar-refractivity contribution in [2.24, 2.45) is 0 Å². The third kappa shape index (κ3) is 3.03. The van der Waals surface area contributed by atoms with Crippen molar-refractivity contribution >= 4 is 29.3 Å². The third-order valence-corrected chi connectivity index (χ3v) is 4.15. The Morgan fingerprint density at radius 2 is 1.67 bits per heavy atom. The number of hydrogen-bond donors (Lipinski definition) is 0. The maximum Gasteiger partial charge on any atom is 0.200 e. The van der Waals surface area contributed by atoms with E-state index in [0.29, 0.717) is 30.1 Å². The summed E-state index contributed by atoms with van der Waals surface area (Å²) in [7, 11) is 0. The van der Waals surface area contributed by atoms with E-state index >= 15 is 0 Å². The van der Waals surface area contributed by atoms with E-state index in [0.717, 1.165) is 24.2 Å². The standard InChI is InChI=1S/C19H17NO3.ClH/c21-17-13-18(20-9-11-22-12-10-20)23-19-15(7-4-8-16(17)19)14-5-2-1-3-6-14;/h1-8,13H,9-12H2;1H. The molecule has 24 heavy (non-hydrogen) atoms. The molecule has 0 unspecified atom stereocenters. The van der Waals surface area contributed by atoms with Crippen molar-refractivity contribution in [3.63, 3.8) is 0 Å². The van der Waals surface area contributed by atoms with Crippen LogP contribution < -0.4 is 10.3 Å². The van der Waals surface area contributed by atoms with Gasteiger partial charge in [-0.2, -0.15) is 0 Å². The van der Waals surface area contributed by atoms with E-state index < -0.39 is 0 Å². The van der Waals surface area contributed by atoms with Gasteiger partial charge in [0, 0.05) is 24.7 Å². The highest BCUT2D eigenvalue weighted by molar-refractivity contribution is 5.92. The second-order valence-electron chi connectivity index (χ2n) is 5.60. The van der Waals surface area contributed by atoms with Crippen LogP contribution in [0.2, 0.25) is 0 Å². The van der Waals surface area contributed by atoms with Crippen LogP contribution in [-0.4, -0.2) is 26.3 Å². The van der Waals surface area contributed by atoms with Crippen LogP contribution in [0.4, 0.5) is 5.88 Å². The van der Waals surface area contributed by atoms with Crippen molar-refractivity contribution in [1.82, 2.24) is 0 Å². The Labute approximate surface area is 146 Å². The van der Waals surface area contributed by atoms with Gasteiger partial charge in [-0.15, -0.1) is 12.4 Å². The SMILES string of the molecule is Cl.O=c1cc(N2CCOCC2)oc2c(-c3ccccc3)cccc12. The van der Waals surface area contributed by atoms with Gasteiger partial charge in [-0.1, -0.05) is 42.5 Å².